The smallest absolute Gasteiger partial charge is 0.306 e. The topological polar surface area (TPSA) is 114 Å². The second-order valence-electron chi connectivity index (χ2n) is 10.7. The molecule has 0 fully saturated rings. The van der Waals surface area contributed by atoms with E-state index in [1.54, 1.807) is 0 Å². The Hall–Kier alpha value is -4.43. The third-order valence-corrected chi connectivity index (χ3v) is 7.29. The second kappa shape index (κ2) is 16.9. The standard InChI is InChI=1S/C35H40N2O6/c38-24-30(21-26-17-19-31(20-18-26)42-25-27-11-5-3-6-12-27)37-33(39)22-29-15-7-1-2-10-16-34(40)43-32(23-36-35(29)41)28-13-8-4-9-14-28/h1,3-9,11-14,17-20,29-30,32,38H,2,10,15-16,21-25H2,(H,36,41)(H,37,39)/t29-,30+,32+/m1/s1. The number of cyclic esters (lactones) is 1. The molecule has 226 valence electrons. The zero-order valence-corrected chi connectivity index (χ0v) is 24.3. The average Bonchev–Trinajstić information content (AvgIpc) is 3.05. The minimum absolute atomic E-state index is 0.0330. The molecule has 0 unspecified atom stereocenters. The Balaban J connectivity index is 1.32. The van der Waals surface area contributed by atoms with E-state index in [0.717, 1.165) is 22.4 Å². The molecule has 1 heterocycles. The monoisotopic (exact) mass is 584 g/mol. The van der Waals surface area contributed by atoms with Crippen LogP contribution in [0.25, 0.3) is 0 Å². The normalized spacial score (nSPS) is 18.6. The number of hydrogen-bond acceptors (Lipinski definition) is 6. The first kappa shape index (κ1) is 31.5. The number of nitrogens with one attached hydrogen (secondary N) is 2. The zero-order valence-electron chi connectivity index (χ0n) is 24.3. The van der Waals surface area contributed by atoms with Crippen molar-refractivity contribution in [2.45, 2.75) is 57.3 Å². The molecule has 2 amide bonds. The molecule has 3 N–H and O–H groups in total. The van der Waals surface area contributed by atoms with Crippen molar-refractivity contribution in [2.75, 3.05) is 13.2 Å². The number of amides is 2. The number of aliphatic hydroxyl groups is 1. The molecule has 0 bridgehead atoms. The van der Waals surface area contributed by atoms with Gasteiger partial charge >= 0.3 is 5.97 Å². The molecule has 3 aromatic carbocycles. The molecule has 0 saturated heterocycles. The Bertz CT molecular complexity index is 1330. The van der Waals surface area contributed by atoms with E-state index in [1.807, 2.05) is 97.1 Å². The Morgan fingerprint density at radius 2 is 1.67 bits per heavy atom. The van der Waals surface area contributed by atoms with Crippen molar-refractivity contribution in [3.63, 3.8) is 0 Å². The van der Waals surface area contributed by atoms with Crippen LogP contribution in [0, 0.1) is 5.92 Å². The maximum atomic E-state index is 13.2. The molecule has 0 saturated carbocycles. The molecule has 3 aromatic rings. The van der Waals surface area contributed by atoms with Crippen molar-refractivity contribution in [1.29, 1.82) is 0 Å². The van der Waals surface area contributed by atoms with Crippen LogP contribution in [0.2, 0.25) is 0 Å². The summed E-state index contributed by atoms with van der Waals surface area (Å²) in [5, 5.41) is 15.8. The first-order valence-corrected chi connectivity index (χ1v) is 14.8. The quantitative estimate of drug-likeness (QED) is 0.233. The highest BCUT2D eigenvalue weighted by molar-refractivity contribution is 5.86. The van der Waals surface area contributed by atoms with Crippen molar-refractivity contribution in [1.82, 2.24) is 10.6 Å². The summed E-state index contributed by atoms with van der Waals surface area (Å²) in [6.07, 6.45) is 5.60. The molecule has 1 aliphatic heterocycles. The van der Waals surface area contributed by atoms with Gasteiger partial charge in [0.2, 0.25) is 11.8 Å². The van der Waals surface area contributed by atoms with Gasteiger partial charge in [-0.25, -0.2) is 0 Å². The van der Waals surface area contributed by atoms with E-state index in [-0.39, 0.29) is 37.4 Å². The number of allylic oxidation sites excluding steroid dienone is 2. The first-order chi connectivity index (χ1) is 21.0. The fourth-order valence-electron chi connectivity index (χ4n) is 4.89. The third kappa shape index (κ3) is 10.7. The average molecular weight is 585 g/mol. The second-order valence-corrected chi connectivity index (χ2v) is 10.7. The molecule has 43 heavy (non-hydrogen) atoms. The molecule has 0 radical (unpaired) electrons. The van der Waals surface area contributed by atoms with Gasteiger partial charge in [-0.15, -0.1) is 0 Å². The van der Waals surface area contributed by atoms with Crippen molar-refractivity contribution in [2.24, 2.45) is 5.92 Å². The lowest BCUT2D eigenvalue weighted by atomic mass is 9.98. The molecule has 0 aliphatic carbocycles. The summed E-state index contributed by atoms with van der Waals surface area (Å²) >= 11 is 0. The summed E-state index contributed by atoms with van der Waals surface area (Å²) in [5.41, 5.74) is 2.81. The number of hydrogen-bond donors (Lipinski definition) is 3. The van der Waals surface area contributed by atoms with Crippen LogP contribution in [0.5, 0.6) is 5.75 Å². The molecule has 4 rings (SSSR count). The lowest BCUT2D eigenvalue weighted by molar-refractivity contribution is -0.150. The van der Waals surface area contributed by atoms with Gasteiger partial charge in [-0.3, -0.25) is 14.4 Å². The van der Waals surface area contributed by atoms with Crippen LogP contribution < -0.4 is 15.4 Å². The third-order valence-electron chi connectivity index (χ3n) is 7.29. The molecule has 8 nitrogen and oxygen atoms in total. The van der Waals surface area contributed by atoms with E-state index in [9.17, 15) is 19.5 Å². The molecule has 8 heteroatoms. The molecule has 3 atom stereocenters. The van der Waals surface area contributed by atoms with Crippen LogP contribution in [-0.4, -0.2) is 42.1 Å². The molecule has 0 aromatic heterocycles. The van der Waals surface area contributed by atoms with Crippen LogP contribution in [0.1, 0.15) is 54.9 Å². The van der Waals surface area contributed by atoms with E-state index in [2.05, 4.69) is 10.6 Å². The van der Waals surface area contributed by atoms with Gasteiger partial charge in [0, 0.05) is 12.8 Å². The van der Waals surface area contributed by atoms with Gasteiger partial charge in [0.25, 0.3) is 0 Å². The summed E-state index contributed by atoms with van der Waals surface area (Å²) in [7, 11) is 0. The fourth-order valence-corrected chi connectivity index (χ4v) is 4.89. The first-order valence-electron chi connectivity index (χ1n) is 14.8. The Morgan fingerprint density at radius 3 is 2.40 bits per heavy atom. The minimum atomic E-state index is -0.616. The highest BCUT2D eigenvalue weighted by Gasteiger charge is 2.25. The SMILES string of the molecule is O=C(C[C@H]1CC=CCCCC(=O)O[C@H](c2ccccc2)CNC1=O)N[C@H](CO)Cc1ccc(OCc2ccccc2)cc1. The highest BCUT2D eigenvalue weighted by Crippen LogP contribution is 2.20. The summed E-state index contributed by atoms with van der Waals surface area (Å²) in [6.45, 7) is 0.344. The van der Waals surface area contributed by atoms with E-state index >= 15 is 0 Å². The summed E-state index contributed by atoms with van der Waals surface area (Å²) < 4.78 is 11.5. The van der Waals surface area contributed by atoms with Gasteiger partial charge < -0.3 is 25.2 Å². The van der Waals surface area contributed by atoms with E-state index in [4.69, 9.17) is 9.47 Å². The van der Waals surface area contributed by atoms with Gasteiger partial charge in [-0.1, -0.05) is 84.9 Å². The molecule has 0 spiro atoms. The number of benzene rings is 3. The van der Waals surface area contributed by atoms with Crippen molar-refractivity contribution in [3.05, 3.63) is 114 Å². The van der Waals surface area contributed by atoms with Crippen LogP contribution in [0.15, 0.2) is 97.1 Å². The van der Waals surface area contributed by atoms with Crippen molar-refractivity contribution < 1.29 is 29.0 Å². The number of aliphatic hydroxyl groups excluding tert-OH is 1. The Morgan fingerprint density at radius 1 is 0.953 bits per heavy atom. The maximum absolute atomic E-state index is 13.2. The van der Waals surface area contributed by atoms with Crippen LogP contribution in [-0.2, 0) is 32.1 Å². The lowest BCUT2D eigenvalue weighted by Crippen LogP contribution is -2.42. The van der Waals surface area contributed by atoms with Gasteiger partial charge in [0.05, 0.1) is 25.1 Å². The molecular formula is C35H40N2O6. The molecular weight excluding hydrogens is 544 g/mol. The summed E-state index contributed by atoms with van der Waals surface area (Å²) in [4.78, 5) is 38.6. The lowest BCUT2D eigenvalue weighted by Gasteiger charge is -2.22. The molecule has 1 aliphatic rings. The van der Waals surface area contributed by atoms with Gasteiger partial charge in [0.15, 0.2) is 0 Å². The largest absolute Gasteiger partial charge is 0.489 e. The van der Waals surface area contributed by atoms with Crippen molar-refractivity contribution >= 4 is 17.8 Å². The Labute approximate surface area is 253 Å². The number of ether oxygens (including phenoxy) is 2. The van der Waals surface area contributed by atoms with Crippen LogP contribution in [0.4, 0.5) is 0 Å². The zero-order chi connectivity index (χ0) is 30.3. The number of carbonyl (C=O) groups excluding carboxylic acids is 3. The van der Waals surface area contributed by atoms with Gasteiger partial charge in [-0.05, 0) is 54.5 Å². The highest BCUT2D eigenvalue weighted by atomic mass is 16.5. The van der Waals surface area contributed by atoms with E-state index in [0.29, 0.717) is 38.7 Å². The number of carbonyl (C=O) groups is 3. The fraction of sp³-hybridized carbons (Fsp3) is 0.343. The van der Waals surface area contributed by atoms with E-state index < -0.39 is 18.1 Å². The predicted molar refractivity (Wildman–Crippen MR) is 164 cm³/mol. The van der Waals surface area contributed by atoms with Crippen molar-refractivity contribution in [3.8, 4) is 5.75 Å². The van der Waals surface area contributed by atoms with Crippen LogP contribution in [0.3, 0.4) is 0 Å². The maximum Gasteiger partial charge on any atom is 0.306 e. The van der Waals surface area contributed by atoms with Gasteiger partial charge in [-0.2, -0.15) is 0 Å². The van der Waals surface area contributed by atoms with Gasteiger partial charge in [0.1, 0.15) is 18.5 Å². The Kier molecular flexibility index (Phi) is 12.4. The predicted octanol–water partition coefficient (Wildman–Crippen LogP) is 4.82. The number of rotatable bonds is 10. The number of esters is 1. The summed E-state index contributed by atoms with van der Waals surface area (Å²) in [6, 6.07) is 26.3. The van der Waals surface area contributed by atoms with Crippen LogP contribution >= 0.6 is 0 Å². The minimum Gasteiger partial charge on any atom is -0.489 e. The van der Waals surface area contributed by atoms with E-state index in [1.165, 1.54) is 0 Å². The summed E-state index contributed by atoms with van der Waals surface area (Å²) in [5.74, 6) is -0.784.